The number of nitrogens with zero attached hydrogens (tertiary/aromatic N) is 2. The summed E-state index contributed by atoms with van der Waals surface area (Å²) in [4.78, 5) is 19.0. The third-order valence-electron chi connectivity index (χ3n) is 4.76. The molecule has 2 aromatic carbocycles. The van der Waals surface area contributed by atoms with Gasteiger partial charge in [-0.1, -0.05) is 41.9 Å². The third-order valence-corrected chi connectivity index (χ3v) is 5.00. The molecule has 0 unspecified atom stereocenters. The number of para-hydroxylation sites is 1. The molecule has 0 fully saturated rings. The molecule has 4 nitrogen and oxygen atoms in total. The maximum absolute atomic E-state index is 12.5. The first kappa shape index (κ1) is 17.6. The summed E-state index contributed by atoms with van der Waals surface area (Å²) in [7, 11) is 0. The number of halogens is 1. The molecule has 27 heavy (non-hydrogen) atoms. The Morgan fingerprint density at radius 2 is 2.00 bits per heavy atom. The molecule has 136 valence electrons. The molecule has 0 radical (unpaired) electrons. The van der Waals surface area contributed by atoms with Crippen LogP contribution in [0, 0.1) is 0 Å². The smallest absolute Gasteiger partial charge is 0.269 e. The summed E-state index contributed by atoms with van der Waals surface area (Å²) in [5.41, 5.74) is 5.06. The van der Waals surface area contributed by atoms with Gasteiger partial charge >= 0.3 is 0 Å². The quantitative estimate of drug-likeness (QED) is 0.716. The van der Waals surface area contributed by atoms with Crippen molar-refractivity contribution < 1.29 is 4.79 Å². The number of hydrogen-bond acceptors (Lipinski definition) is 3. The summed E-state index contributed by atoms with van der Waals surface area (Å²) < 4.78 is 0. The van der Waals surface area contributed by atoms with Gasteiger partial charge in [-0.15, -0.1) is 0 Å². The summed E-state index contributed by atoms with van der Waals surface area (Å²) in [6.45, 7) is 1.46. The first-order chi connectivity index (χ1) is 13.2. The van der Waals surface area contributed by atoms with Gasteiger partial charge in [0, 0.05) is 35.7 Å². The minimum Gasteiger partial charge on any atom is -0.350 e. The zero-order valence-electron chi connectivity index (χ0n) is 14.9. The van der Waals surface area contributed by atoms with Crippen LogP contribution in [-0.4, -0.2) is 24.0 Å². The highest BCUT2D eigenvalue weighted by Crippen LogP contribution is 2.34. The molecule has 0 aliphatic carbocycles. The van der Waals surface area contributed by atoms with E-state index in [-0.39, 0.29) is 5.91 Å². The largest absolute Gasteiger partial charge is 0.350 e. The van der Waals surface area contributed by atoms with Crippen LogP contribution in [0.2, 0.25) is 5.02 Å². The number of hydrogen-bond donors (Lipinski definition) is 1. The molecule has 0 atom stereocenters. The molecule has 0 bridgehead atoms. The lowest BCUT2D eigenvalue weighted by Crippen LogP contribution is -2.27. The molecule has 1 aromatic heterocycles. The highest BCUT2D eigenvalue weighted by molar-refractivity contribution is 6.30. The van der Waals surface area contributed by atoms with Crippen molar-refractivity contribution in [2.75, 3.05) is 18.0 Å². The number of anilines is 2. The second-order valence-corrected chi connectivity index (χ2v) is 7.00. The average molecular weight is 378 g/mol. The van der Waals surface area contributed by atoms with Gasteiger partial charge in [0.25, 0.3) is 5.91 Å². The standard InChI is InChI=1S/C22H20ClN3O/c23-18-6-3-4-16(14-18)8-11-25-22(27)20-15-19(9-12-24-20)26-13-10-17-5-1-2-7-21(17)26/h1-7,9,12,14-15H,8,10-11,13H2,(H,25,27). The summed E-state index contributed by atoms with van der Waals surface area (Å²) in [5.74, 6) is -0.161. The minimum atomic E-state index is -0.161. The van der Waals surface area contributed by atoms with E-state index in [0.29, 0.717) is 17.3 Å². The van der Waals surface area contributed by atoms with Crippen molar-refractivity contribution in [3.63, 3.8) is 0 Å². The normalized spacial score (nSPS) is 12.7. The van der Waals surface area contributed by atoms with Crippen molar-refractivity contribution in [2.24, 2.45) is 0 Å². The molecule has 0 saturated carbocycles. The van der Waals surface area contributed by atoms with Crippen molar-refractivity contribution in [1.82, 2.24) is 10.3 Å². The molecule has 0 saturated heterocycles. The topological polar surface area (TPSA) is 45.2 Å². The maximum atomic E-state index is 12.5. The monoisotopic (exact) mass is 377 g/mol. The van der Waals surface area contributed by atoms with Gasteiger partial charge in [-0.05, 0) is 54.3 Å². The highest BCUT2D eigenvalue weighted by Gasteiger charge is 2.20. The molecule has 3 aromatic rings. The Bertz CT molecular complexity index is 973. The maximum Gasteiger partial charge on any atom is 0.269 e. The summed E-state index contributed by atoms with van der Waals surface area (Å²) in [5, 5.41) is 3.65. The minimum absolute atomic E-state index is 0.161. The van der Waals surface area contributed by atoms with Crippen molar-refractivity contribution >= 4 is 28.9 Å². The van der Waals surface area contributed by atoms with E-state index in [1.54, 1.807) is 6.20 Å². The Kier molecular flexibility index (Phi) is 5.07. The highest BCUT2D eigenvalue weighted by atomic mass is 35.5. The van der Waals surface area contributed by atoms with Crippen LogP contribution in [0.25, 0.3) is 0 Å². The second kappa shape index (κ2) is 7.80. The third kappa shape index (κ3) is 3.96. The van der Waals surface area contributed by atoms with Crippen molar-refractivity contribution in [3.8, 4) is 0 Å². The lowest BCUT2D eigenvalue weighted by atomic mass is 10.1. The van der Waals surface area contributed by atoms with E-state index in [4.69, 9.17) is 11.6 Å². The Morgan fingerprint density at radius 1 is 1.11 bits per heavy atom. The fourth-order valence-corrected chi connectivity index (χ4v) is 3.63. The Balaban J connectivity index is 1.42. The van der Waals surface area contributed by atoms with Crippen LogP contribution < -0.4 is 10.2 Å². The van der Waals surface area contributed by atoms with Crippen molar-refractivity contribution in [3.05, 3.63) is 88.7 Å². The second-order valence-electron chi connectivity index (χ2n) is 6.57. The molecule has 0 spiro atoms. The summed E-state index contributed by atoms with van der Waals surface area (Å²) in [6.07, 6.45) is 3.44. The van der Waals surface area contributed by atoms with Crippen molar-refractivity contribution in [2.45, 2.75) is 12.8 Å². The van der Waals surface area contributed by atoms with E-state index < -0.39 is 0 Å². The van der Waals surface area contributed by atoms with Crippen LogP contribution >= 0.6 is 11.6 Å². The zero-order chi connectivity index (χ0) is 18.6. The van der Waals surface area contributed by atoms with Crippen LogP contribution in [0.15, 0.2) is 66.9 Å². The number of nitrogens with one attached hydrogen (secondary N) is 1. The van der Waals surface area contributed by atoms with Gasteiger partial charge in [0.05, 0.1) is 0 Å². The first-order valence-electron chi connectivity index (χ1n) is 9.05. The lowest BCUT2D eigenvalue weighted by Gasteiger charge is -2.19. The predicted molar refractivity (Wildman–Crippen MR) is 109 cm³/mol. The molecule has 1 aliphatic rings. The number of amides is 1. The fourth-order valence-electron chi connectivity index (χ4n) is 3.42. The number of benzene rings is 2. The van der Waals surface area contributed by atoms with E-state index in [0.717, 1.165) is 30.6 Å². The van der Waals surface area contributed by atoms with Crippen LogP contribution in [0.3, 0.4) is 0 Å². The number of fused-ring (bicyclic) bond motifs is 1. The van der Waals surface area contributed by atoms with Gasteiger partial charge in [-0.25, -0.2) is 0 Å². The number of rotatable bonds is 5. The van der Waals surface area contributed by atoms with Gasteiger partial charge in [-0.3, -0.25) is 9.78 Å². The average Bonchev–Trinajstić information content (AvgIpc) is 3.12. The van der Waals surface area contributed by atoms with E-state index >= 15 is 0 Å². The molecule has 1 amide bonds. The van der Waals surface area contributed by atoms with E-state index in [9.17, 15) is 4.79 Å². The van der Waals surface area contributed by atoms with Crippen LogP contribution in [0.1, 0.15) is 21.6 Å². The van der Waals surface area contributed by atoms with E-state index in [1.165, 1.54) is 11.3 Å². The molecule has 4 rings (SSSR count). The molecule has 5 heteroatoms. The fraction of sp³-hybridized carbons (Fsp3) is 0.182. The van der Waals surface area contributed by atoms with Gasteiger partial charge in [0.15, 0.2) is 0 Å². The first-order valence-corrected chi connectivity index (χ1v) is 9.43. The number of carbonyl (C=O) groups excluding carboxylic acids is 1. The van der Waals surface area contributed by atoms with Crippen molar-refractivity contribution in [1.29, 1.82) is 0 Å². The number of pyridine rings is 1. The lowest BCUT2D eigenvalue weighted by molar-refractivity contribution is 0.0949. The Labute approximate surface area is 163 Å². The summed E-state index contributed by atoms with van der Waals surface area (Å²) in [6, 6.07) is 19.9. The molecule has 1 aliphatic heterocycles. The molecular formula is C22H20ClN3O. The molecule has 1 N–H and O–H groups in total. The zero-order valence-corrected chi connectivity index (χ0v) is 15.6. The van der Waals surface area contributed by atoms with Gasteiger partial charge in [-0.2, -0.15) is 0 Å². The Hall–Kier alpha value is -2.85. The number of aromatic nitrogens is 1. The Morgan fingerprint density at radius 3 is 2.89 bits per heavy atom. The van der Waals surface area contributed by atoms with E-state index in [2.05, 4.69) is 33.4 Å². The summed E-state index contributed by atoms with van der Waals surface area (Å²) >= 11 is 6.00. The molecular weight excluding hydrogens is 358 g/mol. The van der Waals surface area contributed by atoms with E-state index in [1.807, 2.05) is 42.5 Å². The predicted octanol–water partition coefficient (Wildman–Crippen LogP) is 4.40. The van der Waals surface area contributed by atoms with Crippen LogP contribution in [0.5, 0.6) is 0 Å². The van der Waals surface area contributed by atoms with Gasteiger partial charge in [0.1, 0.15) is 5.69 Å². The SMILES string of the molecule is O=C(NCCc1cccc(Cl)c1)c1cc(N2CCc3ccccc32)ccn1. The molecule has 2 heterocycles. The van der Waals surface area contributed by atoms with Gasteiger partial charge in [0.2, 0.25) is 0 Å². The number of carbonyl (C=O) groups is 1. The van der Waals surface area contributed by atoms with Crippen LogP contribution in [-0.2, 0) is 12.8 Å². The van der Waals surface area contributed by atoms with Gasteiger partial charge < -0.3 is 10.2 Å². The van der Waals surface area contributed by atoms with Crippen LogP contribution in [0.4, 0.5) is 11.4 Å².